The molecule has 0 atom stereocenters. The lowest BCUT2D eigenvalue weighted by molar-refractivity contribution is -0.113. The zero-order chi connectivity index (χ0) is 22.7. The zero-order valence-electron chi connectivity index (χ0n) is 17.5. The van der Waals surface area contributed by atoms with Crippen LogP contribution >= 0.6 is 11.8 Å². The molecule has 1 heterocycles. The van der Waals surface area contributed by atoms with E-state index in [1.807, 2.05) is 36.6 Å². The Balaban J connectivity index is 1.65. The van der Waals surface area contributed by atoms with Gasteiger partial charge in [0, 0.05) is 5.69 Å². The number of phenolic OH excluding ortho intramolecular Hbond substituents is 1. The molecule has 0 aliphatic heterocycles. The van der Waals surface area contributed by atoms with Crippen molar-refractivity contribution in [1.82, 2.24) is 14.8 Å². The number of aromatic nitrogens is 3. The smallest absolute Gasteiger partial charge is 0.234 e. The van der Waals surface area contributed by atoms with Crippen molar-refractivity contribution in [3.8, 4) is 22.8 Å². The first-order chi connectivity index (χ1) is 15.4. The van der Waals surface area contributed by atoms with Gasteiger partial charge in [-0.3, -0.25) is 9.36 Å². The largest absolute Gasteiger partial charge is 0.507 e. The second kappa shape index (κ2) is 9.23. The maximum atomic E-state index is 13.1. The fourth-order valence-electron chi connectivity index (χ4n) is 3.33. The van der Waals surface area contributed by atoms with Gasteiger partial charge in [0.05, 0.1) is 17.0 Å². The standard InChI is InChI=1S/C24H21FN4O2S/c1-15-7-12-20(16(2)13-15)29-23(19-5-3-4-6-21(19)30)27-28-24(29)32-14-22(31)26-18-10-8-17(25)9-11-18/h3-13,30H,14H2,1-2H3,(H,26,31). The van der Waals surface area contributed by atoms with Crippen molar-refractivity contribution in [1.29, 1.82) is 0 Å². The predicted molar refractivity (Wildman–Crippen MR) is 124 cm³/mol. The number of phenols is 1. The number of hydrogen-bond donors (Lipinski definition) is 2. The van der Waals surface area contributed by atoms with Gasteiger partial charge in [-0.15, -0.1) is 10.2 Å². The molecule has 162 valence electrons. The Hall–Kier alpha value is -3.65. The van der Waals surface area contributed by atoms with Gasteiger partial charge in [0.2, 0.25) is 5.91 Å². The zero-order valence-corrected chi connectivity index (χ0v) is 18.4. The summed E-state index contributed by atoms with van der Waals surface area (Å²) in [6.45, 7) is 4.01. The predicted octanol–water partition coefficient (Wildman–Crippen LogP) is 5.13. The van der Waals surface area contributed by atoms with Crippen molar-refractivity contribution in [2.75, 3.05) is 11.1 Å². The molecule has 1 aromatic heterocycles. The molecule has 0 saturated heterocycles. The van der Waals surface area contributed by atoms with Gasteiger partial charge in [-0.2, -0.15) is 0 Å². The summed E-state index contributed by atoms with van der Waals surface area (Å²) in [5, 5.41) is 22.3. The molecule has 0 radical (unpaired) electrons. The quantitative estimate of drug-likeness (QED) is 0.400. The Bertz CT molecular complexity index is 1270. The molecule has 0 aliphatic rings. The molecule has 3 aromatic carbocycles. The van der Waals surface area contributed by atoms with Crippen molar-refractivity contribution >= 4 is 23.4 Å². The molecule has 0 fully saturated rings. The van der Waals surface area contributed by atoms with Gasteiger partial charge in [0.25, 0.3) is 0 Å². The monoisotopic (exact) mass is 448 g/mol. The molecule has 6 nitrogen and oxygen atoms in total. The molecule has 0 spiro atoms. The summed E-state index contributed by atoms with van der Waals surface area (Å²) in [6.07, 6.45) is 0. The Morgan fingerprint density at radius 1 is 1.06 bits per heavy atom. The summed E-state index contributed by atoms with van der Waals surface area (Å²) >= 11 is 1.23. The Morgan fingerprint density at radius 2 is 1.81 bits per heavy atom. The van der Waals surface area contributed by atoms with Crippen molar-refractivity contribution in [3.63, 3.8) is 0 Å². The lowest BCUT2D eigenvalue weighted by atomic mass is 10.1. The van der Waals surface area contributed by atoms with E-state index in [9.17, 15) is 14.3 Å². The molecule has 0 aliphatic carbocycles. The van der Waals surface area contributed by atoms with Gasteiger partial charge in [-0.1, -0.05) is 41.6 Å². The van der Waals surface area contributed by atoms with Gasteiger partial charge in [0.1, 0.15) is 11.6 Å². The number of carbonyl (C=O) groups is 1. The molecule has 4 aromatic rings. The minimum atomic E-state index is -0.365. The Morgan fingerprint density at radius 3 is 2.53 bits per heavy atom. The highest BCUT2D eigenvalue weighted by Crippen LogP contribution is 2.33. The van der Waals surface area contributed by atoms with Crippen LogP contribution in [0.3, 0.4) is 0 Å². The minimum Gasteiger partial charge on any atom is -0.507 e. The number of carbonyl (C=O) groups excluding carboxylic acids is 1. The number of amides is 1. The average Bonchev–Trinajstić information content (AvgIpc) is 3.18. The fraction of sp³-hybridized carbons (Fsp3) is 0.125. The number of thioether (sulfide) groups is 1. The van der Waals surface area contributed by atoms with Crippen LogP contribution in [-0.4, -0.2) is 31.5 Å². The topological polar surface area (TPSA) is 80.0 Å². The highest BCUT2D eigenvalue weighted by molar-refractivity contribution is 7.99. The number of rotatable bonds is 6. The van der Waals surface area contributed by atoms with Gasteiger partial charge < -0.3 is 10.4 Å². The van der Waals surface area contributed by atoms with E-state index in [4.69, 9.17) is 0 Å². The van der Waals surface area contributed by atoms with Crippen LogP contribution in [0.2, 0.25) is 0 Å². The van der Waals surface area contributed by atoms with Crippen LogP contribution in [0.4, 0.5) is 10.1 Å². The summed E-state index contributed by atoms with van der Waals surface area (Å²) < 4.78 is 14.9. The van der Waals surface area contributed by atoms with E-state index in [1.54, 1.807) is 18.2 Å². The first kappa shape index (κ1) is 21.6. The molecule has 0 saturated carbocycles. The maximum absolute atomic E-state index is 13.1. The average molecular weight is 449 g/mol. The molecule has 32 heavy (non-hydrogen) atoms. The van der Waals surface area contributed by atoms with Crippen molar-refractivity contribution in [2.45, 2.75) is 19.0 Å². The van der Waals surface area contributed by atoms with Crippen LogP contribution < -0.4 is 5.32 Å². The van der Waals surface area contributed by atoms with E-state index in [-0.39, 0.29) is 23.2 Å². The molecule has 8 heteroatoms. The third-order valence-electron chi connectivity index (χ3n) is 4.83. The van der Waals surface area contributed by atoms with Crippen LogP contribution in [-0.2, 0) is 4.79 Å². The summed E-state index contributed by atoms with van der Waals surface area (Å²) in [7, 11) is 0. The summed E-state index contributed by atoms with van der Waals surface area (Å²) in [6, 6.07) is 18.5. The number of halogens is 1. The van der Waals surface area contributed by atoms with Gasteiger partial charge in [-0.05, 0) is 61.9 Å². The maximum Gasteiger partial charge on any atom is 0.234 e. The summed E-state index contributed by atoms with van der Waals surface area (Å²) in [5.74, 6) is 0.0471. The van der Waals surface area contributed by atoms with Gasteiger partial charge in [-0.25, -0.2) is 4.39 Å². The third kappa shape index (κ3) is 4.65. The lowest BCUT2D eigenvalue weighted by Gasteiger charge is -2.14. The first-order valence-corrected chi connectivity index (χ1v) is 10.9. The van der Waals surface area contributed by atoms with E-state index in [1.165, 1.54) is 36.0 Å². The number of aryl methyl sites for hydroxylation is 2. The molecular formula is C24H21FN4O2S. The van der Waals surface area contributed by atoms with E-state index in [0.29, 0.717) is 22.2 Å². The molecule has 0 unspecified atom stereocenters. The Kier molecular flexibility index (Phi) is 6.23. The summed E-state index contributed by atoms with van der Waals surface area (Å²) in [5.41, 5.74) is 4.06. The minimum absolute atomic E-state index is 0.0845. The van der Waals surface area contributed by atoms with Crippen molar-refractivity contribution < 1.29 is 14.3 Å². The summed E-state index contributed by atoms with van der Waals surface area (Å²) in [4.78, 5) is 12.4. The normalized spacial score (nSPS) is 10.8. The van der Waals surface area contributed by atoms with Gasteiger partial charge in [0.15, 0.2) is 11.0 Å². The first-order valence-electron chi connectivity index (χ1n) is 9.92. The second-order valence-corrected chi connectivity index (χ2v) is 8.23. The van der Waals surface area contributed by atoms with Crippen molar-refractivity contribution in [3.05, 3.63) is 83.7 Å². The number of aromatic hydroxyl groups is 1. The highest BCUT2D eigenvalue weighted by atomic mass is 32.2. The number of nitrogens with zero attached hydrogens (tertiary/aromatic N) is 3. The van der Waals surface area contributed by atoms with Crippen LogP contribution in [0, 0.1) is 19.7 Å². The highest BCUT2D eigenvalue weighted by Gasteiger charge is 2.20. The van der Waals surface area contributed by atoms with Crippen LogP contribution in [0.25, 0.3) is 17.1 Å². The lowest BCUT2D eigenvalue weighted by Crippen LogP contribution is -2.14. The number of hydrogen-bond acceptors (Lipinski definition) is 5. The number of anilines is 1. The SMILES string of the molecule is Cc1ccc(-n2c(SCC(=O)Nc3ccc(F)cc3)nnc2-c2ccccc2O)c(C)c1. The number of benzene rings is 3. The van der Waals surface area contributed by atoms with Crippen LogP contribution in [0.1, 0.15) is 11.1 Å². The van der Waals surface area contributed by atoms with Crippen molar-refractivity contribution in [2.24, 2.45) is 0 Å². The van der Waals surface area contributed by atoms with E-state index >= 15 is 0 Å². The van der Waals surface area contributed by atoms with E-state index < -0.39 is 0 Å². The van der Waals surface area contributed by atoms with Crippen LogP contribution in [0.15, 0.2) is 71.9 Å². The van der Waals surface area contributed by atoms with E-state index in [2.05, 4.69) is 21.6 Å². The number of nitrogens with one attached hydrogen (secondary N) is 1. The Labute approximate surface area is 189 Å². The number of para-hydroxylation sites is 1. The molecular weight excluding hydrogens is 427 g/mol. The molecule has 4 rings (SSSR count). The van der Waals surface area contributed by atoms with Gasteiger partial charge >= 0.3 is 0 Å². The van der Waals surface area contributed by atoms with E-state index in [0.717, 1.165) is 16.8 Å². The van der Waals surface area contributed by atoms with Crippen LogP contribution in [0.5, 0.6) is 5.75 Å². The third-order valence-corrected chi connectivity index (χ3v) is 5.76. The second-order valence-electron chi connectivity index (χ2n) is 7.29. The fourth-order valence-corrected chi connectivity index (χ4v) is 4.08. The molecule has 0 bridgehead atoms. The molecule has 2 N–H and O–H groups in total. The molecule has 1 amide bonds.